The fraction of sp³-hybridized carbons (Fsp3) is 0.455. The van der Waals surface area contributed by atoms with Gasteiger partial charge >= 0.3 is 0 Å². The molecule has 0 aromatic carbocycles. The predicted octanol–water partition coefficient (Wildman–Crippen LogP) is 2.15. The van der Waals surface area contributed by atoms with Crippen LogP contribution in [0.25, 0.3) is 11.0 Å². The van der Waals surface area contributed by atoms with E-state index in [-0.39, 0.29) is 17.0 Å². The first-order valence-corrected chi connectivity index (χ1v) is 6.02. The van der Waals surface area contributed by atoms with E-state index in [0.29, 0.717) is 11.0 Å². The standard InChI is InChI=1S/C11H12ClFN4/c12-10-9-8(13)5-17(11(9)16-6-15-10)7-2-1-3-14-4-7/h5-7,14H,1-4H2. The molecule has 3 rings (SSSR count). The van der Waals surface area contributed by atoms with Crippen molar-refractivity contribution < 1.29 is 4.39 Å². The van der Waals surface area contributed by atoms with Crippen LogP contribution in [0, 0.1) is 5.82 Å². The normalized spacial score (nSPS) is 20.9. The van der Waals surface area contributed by atoms with E-state index in [1.165, 1.54) is 12.5 Å². The monoisotopic (exact) mass is 254 g/mol. The minimum Gasteiger partial charge on any atom is -0.325 e. The van der Waals surface area contributed by atoms with E-state index in [2.05, 4.69) is 15.3 Å². The maximum atomic E-state index is 13.8. The summed E-state index contributed by atoms with van der Waals surface area (Å²) in [7, 11) is 0. The topological polar surface area (TPSA) is 42.7 Å². The molecule has 6 heteroatoms. The van der Waals surface area contributed by atoms with Crippen LogP contribution in [0.1, 0.15) is 18.9 Å². The van der Waals surface area contributed by atoms with Gasteiger partial charge in [0, 0.05) is 18.8 Å². The Morgan fingerprint density at radius 3 is 3.12 bits per heavy atom. The lowest BCUT2D eigenvalue weighted by atomic mass is 10.1. The van der Waals surface area contributed by atoms with Gasteiger partial charge in [-0.1, -0.05) is 11.6 Å². The highest BCUT2D eigenvalue weighted by atomic mass is 35.5. The van der Waals surface area contributed by atoms with Gasteiger partial charge in [-0.3, -0.25) is 0 Å². The minimum absolute atomic E-state index is 0.176. The number of nitrogens with one attached hydrogen (secondary N) is 1. The van der Waals surface area contributed by atoms with E-state index in [9.17, 15) is 4.39 Å². The Kier molecular flexibility index (Phi) is 2.72. The first kappa shape index (κ1) is 10.9. The highest BCUT2D eigenvalue weighted by molar-refractivity contribution is 6.33. The first-order valence-electron chi connectivity index (χ1n) is 5.64. The number of piperidine rings is 1. The van der Waals surface area contributed by atoms with Crippen molar-refractivity contribution in [2.24, 2.45) is 0 Å². The minimum atomic E-state index is -0.351. The fourth-order valence-electron chi connectivity index (χ4n) is 2.35. The van der Waals surface area contributed by atoms with Gasteiger partial charge in [0.15, 0.2) is 5.82 Å². The molecule has 90 valence electrons. The average molecular weight is 255 g/mol. The summed E-state index contributed by atoms with van der Waals surface area (Å²) in [6.45, 7) is 1.86. The maximum absolute atomic E-state index is 13.8. The maximum Gasteiger partial charge on any atom is 0.153 e. The molecular formula is C11H12ClFN4. The zero-order valence-corrected chi connectivity index (χ0v) is 9.91. The molecule has 1 unspecified atom stereocenters. The molecule has 0 bridgehead atoms. The Hall–Kier alpha value is -1.20. The summed E-state index contributed by atoms with van der Waals surface area (Å²) in [4.78, 5) is 7.95. The van der Waals surface area contributed by atoms with Crippen LogP contribution >= 0.6 is 11.6 Å². The molecule has 2 aromatic heterocycles. The molecule has 2 aromatic rings. The second-order valence-corrected chi connectivity index (χ2v) is 4.61. The number of halogens is 2. The van der Waals surface area contributed by atoms with Crippen LogP contribution in [0.3, 0.4) is 0 Å². The van der Waals surface area contributed by atoms with Gasteiger partial charge in [0.1, 0.15) is 17.1 Å². The van der Waals surface area contributed by atoms with Gasteiger partial charge < -0.3 is 9.88 Å². The molecule has 1 saturated heterocycles. The molecule has 0 aliphatic carbocycles. The Balaban J connectivity index is 2.13. The van der Waals surface area contributed by atoms with Crippen molar-refractivity contribution in [3.05, 3.63) is 23.5 Å². The van der Waals surface area contributed by atoms with Crippen molar-refractivity contribution in [2.45, 2.75) is 18.9 Å². The third kappa shape index (κ3) is 1.79. The van der Waals surface area contributed by atoms with Crippen molar-refractivity contribution in [1.82, 2.24) is 19.9 Å². The smallest absolute Gasteiger partial charge is 0.153 e. The lowest BCUT2D eigenvalue weighted by Gasteiger charge is -2.24. The Morgan fingerprint density at radius 2 is 2.35 bits per heavy atom. The molecule has 0 radical (unpaired) electrons. The van der Waals surface area contributed by atoms with E-state index < -0.39 is 0 Å². The third-order valence-corrected chi connectivity index (χ3v) is 3.47. The predicted molar refractivity (Wildman–Crippen MR) is 63.6 cm³/mol. The Bertz CT molecular complexity index is 548. The van der Waals surface area contributed by atoms with Gasteiger partial charge in [0.2, 0.25) is 0 Å². The summed E-state index contributed by atoms with van der Waals surface area (Å²) >= 11 is 5.89. The van der Waals surface area contributed by atoms with Crippen molar-refractivity contribution in [1.29, 1.82) is 0 Å². The van der Waals surface area contributed by atoms with Crippen LogP contribution in [0.5, 0.6) is 0 Å². The molecule has 17 heavy (non-hydrogen) atoms. The van der Waals surface area contributed by atoms with Gasteiger partial charge in [-0.15, -0.1) is 0 Å². The summed E-state index contributed by atoms with van der Waals surface area (Å²) in [6, 6.07) is 0.238. The van der Waals surface area contributed by atoms with E-state index >= 15 is 0 Å². The zero-order valence-electron chi connectivity index (χ0n) is 9.16. The van der Waals surface area contributed by atoms with Crippen molar-refractivity contribution in [3.63, 3.8) is 0 Å². The second-order valence-electron chi connectivity index (χ2n) is 4.25. The molecule has 0 saturated carbocycles. The number of fused-ring (bicyclic) bond motifs is 1. The zero-order chi connectivity index (χ0) is 11.8. The van der Waals surface area contributed by atoms with Crippen LogP contribution in [0.15, 0.2) is 12.5 Å². The molecular weight excluding hydrogens is 243 g/mol. The summed E-state index contributed by atoms with van der Waals surface area (Å²) in [5.41, 5.74) is 0.580. The molecule has 1 atom stereocenters. The molecule has 3 heterocycles. The number of nitrogens with zero attached hydrogens (tertiary/aromatic N) is 3. The average Bonchev–Trinajstić information content (AvgIpc) is 2.69. The van der Waals surface area contributed by atoms with E-state index in [4.69, 9.17) is 11.6 Å². The third-order valence-electron chi connectivity index (χ3n) is 3.18. The number of aromatic nitrogens is 3. The molecule has 4 nitrogen and oxygen atoms in total. The number of hydrogen-bond acceptors (Lipinski definition) is 3. The summed E-state index contributed by atoms with van der Waals surface area (Å²) in [5, 5.41) is 3.80. The van der Waals surface area contributed by atoms with Gasteiger partial charge in [-0.05, 0) is 19.4 Å². The fourth-order valence-corrected chi connectivity index (χ4v) is 2.57. The van der Waals surface area contributed by atoms with Gasteiger partial charge in [0.05, 0.1) is 5.39 Å². The van der Waals surface area contributed by atoms with E-state index in [0.717, 1.165) is 25.9 Å². The van der Waals surface area contributed by atoms with E-state index in [1.807, 2.05) is 4.57 Å². The molecule has 0 spiro atoms. The summed E-state index contributed by atoms with van der Waals surface area (Å²) in [5.74, 6) is -0.351. The Morgan fingerprint density at radius 1 is 1.47 bits per heavy atom. The number of hydrogen-bond donors (Lipinski definition) is 1. The van der Waals surface area contributed by atoms with Crippen LogP contribution in [0.2, 0.25) is 5.15 Å². The van der Waals surface area contributed by atoms with Crippen molar-refractivity contribution in [2.75, 3.05) is 13.1 Å². The van der Waals surface area contributed by atoms with E-state index in [1.54, 1.807) is 0 Å². The first-order chi connectivity index (χ1) is 8.27. The highest BCUT2D eigenvalue weighted by Crippen LogP contribution is 2.28. The van der Waals surface area contributed by atoms with Crippen LogP contribution in [-0.2, 0) is 0 Å². The largest absolute Gasteiger partial charge is 0.325 e. The van der Waals surface area contributed by atoms with Gasteiger partial charge in [-0.25, -0.2) is 14.4 Å². The molecule has 1 fully saturated rings. The SMILES string of the molecule is Fc1cn(C2CCCNC2)c2ncnc(Cl)c12. The molecule has 0 amide bonds. The molecule has 1 aliphatic rings. The number of rotatable bonds is 1. The second kappa shape index (κ2) is 4.23. The quantitative estimate of drug-likeness (QED) is 0.793. The van der Waals surface area contributed by atoms with Crippen LogP contribution in [0.4, 0.5) is 4.39 Å². The van der Waals surface area contributed by atoms with Crippen molar-refractivity contribution in [3.8, 4) is 0 Å². The lowest BCUT2D eigenvalue weighted by Crippen LogP contribution is -2.31. The summed E-state index contributed by atoms with van der Waals surface area (Å²) < 4.78 is 15.7. The summed E-state index contributed by atoms with van der Waals surface area (Å²) in [6.07, 6.45) is 4.96. The Labute approximate surface area is 103 Å². The lowest BCUT2D eigenvalue weighted by molar-refractivity contribution is 0.376. The van der Waals surface area contributed by atoms with Gasteiger partial charge in [0.25, 0.3) is 0 Å². The van der Waals surface area contributed by atoms with Crippen LogP contribution in [-0.4, -0.2) is 27.6 Å². The highest BCUT2D eigenvalue weighted by Gasteiger charge is 2.21. The molecule has 1 aliphatic heterocycles. The van der Waals surface area contributed by atoms with Crippen molar-refractivity contribution >= 4 is 22.6 Å². The van der Waals surface area contributed by atoms with Gasteiger partial charge in [-0.2, -0.15) is 0 Å². The molecule has 1 N–H and O–H groups in total. The van der Waals surface area contributed by atoms with Crippen LogP contribution < -0.4 is 5.32 Å².